The molecule has 4 aromatic rings. The third kappa shape index (κ3) is 2.69. The van der Waals surface area contributed by atoms with Crippen LogP contribution in [0.1, 0.15) is 11.1 Å². The van der Waals surface area contributed by atoms with Gasteiger partial charge in [0.15, 0.2) is 0 Å². The maximum Gasteiger partial charge on any atom is 0.0708 e. The van der Waals surface area contributed by atoms with Crippen LogP contribution in [0, 0.1) is 13.8 Å². The van der Waals surface area contributed by atoms with Crippen molar-refractivity contribution in [2.24, 2.45) is 0 Å². The molecule has 116 valence electrons. The molecule has 24 heavy (non-hydrogen) atoms. The summed E-state index contributed by atoms with van der Waals surface area (Å²) in [6.07, 6.45) is 1.89. The van der Waals surface area contributed by atoms with Crippen LogP contribution < -0.4 is 0 Å². The van der Waals surface area contributed by atoms with Gasteiger partial charge in [-0.1, -0.05) is 65.7 Å². The Labute approximate surface area is 142 Å². The summed E-state index contributed by atoms with van der Waals surface area (Å²) in [4.78, 5) is 4.53. The van der Waals surface area contributed by atoms with Crippen LogP contribution in [0.2, 0.25) is 0 Å². The lowest BCUT2D eigenvalue weighted by Crippen LogP contribution is -1.86. The molecule has 1 aromatic heterocycles. The Balaban J connectivity index is 1.90. The molecule has 0 aliphatic heterocycles. The summed E-state index contributed by atoms with van der Waals surface area (Å²) in [6, 6.07) is 26.0. The summed E-state index contributed by atoms with van der Waals surface area (Å²) in [6.45, 7) is 4.23. The van der Waals surface area contributed by atoms with E-state index in [-0.39, 0.29) is 0 Å². The molecule has 0 bridgehead atoms. The minimum atomic E-state index is 1.03. The first-order chi connectivity index (χ1) is 11.7. The van der Waals surface area contributed by atoms with E-state index in [2.05, 4.69) is 91.6 Å². The van der Waals surface area contributed by atoms with E-state index in [1.165, 1.54) is 38.8 Å². The minimum Gasteiger partial charge on any atom is -0.256 e. The lowest BCUT2D eigenvalue weighted by atomic mass is 9.96. The van der Waals surface area contributed by atoms with Gasteiger partial charge < -0.3 is 0 Å². The number of aryl methyl sites for hydroxylation is 2. The van der Waals surface area contributed by atoms with Gasteiger partial charge in [0.2, 0.25) is 0 Å². The van der Waals surface area contributed by atoms with Crippen molar-refractivity contribution in [3.05, 3.63) is 90.1 Å². The van der Waals surface area contributed by atoms with Crippen molar-refractivity contribution in [3.63, 3.8) is 0 Å². The van der Waals surface area contributed by atoms with Gasteiger partial charge in [-0.25, -0.2) is 0 Å². The summed E-state index contributed by atoms with van der Waals surface area (Å²) >= 11 is 0. The van der Waals surface area contributed by atoms with E-state index in [1.54, 1.807) is 0 Å². The summed E-state index contributed by atoms with van der Waals surface area (Å²) < 4.78 is 0. The molecular weight excluding hydrogens is 290 g/mol. The highest BCUT2D eigenvalue weighted by Gasteiger charge is 2.07. The zero-order valence-corrected chi connectivity index (χ0v) is 14.0. The number of pyridine rings is 1. The Morgan fingerprint density at radius 2 is 1.17 bits per heavy atom. The molecule has 0 N–H and O–H groups in total. The quantitative estimate of drug-likeness (QED) is 0.430. The highest BCUT2D eigenvalue weighted by atomic mass is 14.6. The maximum atomic E-state index is 4.53. The Bertz CT molecular complexity index is 996. The average molecular weight is 309 g/mol. The van der Waals surface area contributed by atoms with Gasteiger partial charge >= 0.3 is 0 Å². The van der Waals surface area contributed by atoms with Crippen LogP contribution in [0.4, 0.5) is 0 Å². The van der Waals surface area contributed by atoms with Gasteiger partial charge in [-0.15, -0.1) is 0 Å². The first-order valence-electron chi connectivity index (χ1n) is 8.23. The van der Waals surface area contributed by atoms with E-state index >= 15 is 0 Å². The number of hydrogen-bond acceptors (Lipinski definition) is 1. The standard InChI is InChI=1S/C23H19N/c1-16-3-7-18(8-4-16)20-11-12-23-22(15-20)21(13-14-24-23)19-9-5-17(2)6-10-19/h3-15H,1-2H3. The number of benzene rings is 3. The molecule has 1 heterocycles. The molecule has 0 radical (unpaired) electrons. The Kier molecular flexibility index (Phi) is 3.62. The molecule has 0 saturated carbocycles. The summed E-state index contributed by atoms with van der Waals surface area (Å²) in [5.74, 6) is 0. The number of rotatable bonds is 2. The largest absolute Gasteiger partial charge is 0.256 e. The third-order valence-corrected chi connectivity index (χ3v) is 4.49. The molecule has 0 fully saturated rings. The number of fused-ring (bicyclic) bond motifs is 1. The van der Waals surface area contributed by atoms with Gasteiger partial charge in [-0.05, 0) is 54.3 Å². The van der Waals surface area contributed by atoms with Crippen molar-refractivity contribution in [2.45, 2.75) is 13.8 Å². The van der Waals surface area contributed by atoms with Crippen molar-refractivity contribution in [3.8, 4) is 22.3 Å². The van der Waals surface area contributed by atoms with E-state index < -0.39 is 0 Å². The monoisotopic (exact) mass is 309 g/mol. The molecule has 0 unspecified atom stereocenters. The van der Waals surface area contributed by atoms with Crippen molar-refractivity contribution < 1.29 is 0 Å². The molecule has 0 atom stereocenters. The van der Waals surface area contributed by atoms with Crippen molar-refractivity contribution >= 4 is 10.9 Å². The predicted molar refractivity (Wildman–Crippen MR) is 102 cm³/mol. The fraction of sp³-hybridized carbons (Fsp3) is 0.0870. The molecule has 4 rings (SSSR count). The highest BCUT2D eigenvalue weighted by molar-refractivity contribution is 5.96. The van der Waals surface area contributed by atoms with Gasteiger partial charge in [0.1, 0.15) is 0 Å². The van der Waals surface area contributed by atoms with Crippen LogP contribution in [0.5, 0.6) is 0 Å². The van der Waals surface area contributed by atoms with Crippen molar-refractivity contribution in [1.29, 1.82) is 0 Å². The number of nitrogens with zero attached hydrogens (tertiary/aromatic N) is 1. The van der Waals surface area contributed by atoms with Crippen LogP contribution in [0.3, 0.4) is 0 Å². The van der Waals surface area contributed by atoms with Gasteiger partial charge in [-0.2, -0.15) is 0 Å². The van der Waals surface area contributed by atoms with Gasteiger partial charge in [0, 0.05) is 11.6 Å². The smallest absolute Gasteiger partial charge is 0.0708 e. The first kappa shape index (κ1) is 14.6. The summed E-state index contributed by atoms with van der Waals surface area (Å²) in [7, 11) is 0. The second-order valence-corrected chi connectivity index (χ2v) is 6.32. The molecule has 0 amide bonds. The van der Waals surface area contributed by atoms with Gasteiger partial charge in [-0.3, -0.25) is 4.98 Å². The molecule has 0 spiro atoms. The lowest BCUT2D eigenvalue weighted by Gasteiger charge is -2.09. The lowest BCUT2D eigenvalue weighted by molar-refractivity contribution is 1.40. The second-order valence-electron chi connectivity index (χ2n) is 6.32. The van der Waals surface area contributed by atoms with E-state index in [0.717, 1.165) is 5.52 Å². The Morgan fingerprint density at radius 1 is 0.583 bits per heavy atom. The van der Waals surface area contributed by atoms with E-state index in [0.29, 0.717) is 0 Å². The van der Waals surface area contributed by atoms with Crippen molar-refractivity contribution in [1.82, 2.24) is 4.98 Å². The molecule has 0 aliphatic carbocycles. The van der Waals surface area contributed by atoms with Crippen LogP contribution in [-0.4, -0.2) is 4.98 Å². The summed E-state index contributed by atoms with van der Waals surface area (Å²) in [5, 5.41) is 1.19. The predicted octanol–water partition coefficient (Wildman–Crippen LogP) is 6.19. The maximum absolute atomic E-state index is 4.53. The van der Waals surface area contributed by atoms with Crippen LogP contribution in [0.15, 0.2) is 79.0 Å². The molecule has 0 aliphatic rings. The molecule has 1 heteroatoms. The van der Waals surface area contributed by atoms with Gasteiger partial charge in [0.25, 0.3) is 0 Å². The first-order valence-corrected chi connectivity index (χ1v) is 8.23. The van der Waals surface area contributed by atoms with Crippen LogP contribution in [-0.2, 0) is 0 Å². The second kappa shape index (κ2) is 5.93. The number of hydrogen-bond donors (Lipinski definition) is 0. The topological polar surface area (TPSA) is 12.9 Å². The van der Waals surface area contributed by atoms with Crippen LogP contribution >= 0.6 is 0 Å². The Morgan fingerprint density at radius 3 is 1.83 bits per heavy atom. The Hall–Kier alpha value is -2.93. The molecule has 1 nitrogen and oxygen atoms in total. The molecule has 3 aromatic carbocycles. The number of aromatic nitrogens is 1. The SMILES string of the molecule is Cc1ccc(-c2ccc3nccc(-c4ccc(C)cc4)c3c2)cc1. The van der Waals surface area contributed by atoms with E-state index in [9.17, 15) is 0 Å². The normalized spacial score (nSPS) is 10.9. The third-order valence-electron chi connectivity index (χ3n) is 4.49. The molecular formula is C23H19N. The minimum absolute atomic E-state index is 1.03. The fourth-order valence-corrected chi connectivity index (χ4v) is 3.06. The van der Waals surface area contributed by atoms with Gasteiger partial charge in [0.05, 0.1) is 5.52 Å². The highest BCUT2D eigenvalue weighted by Crippen LogP contribution is 2.31. The van der Waals surface area contributed by atoms with E-state index in [4.69, 9.17) is 0 Å². The van der Waals surface area contributed by atoms with E-state index in [1.807, 2.05) is 6.20 Å². The average Bonchev–Trinajstić information content (AvgIpc) is 2.62. The molecule has 0 saturated heterocycles. The zero-order chi connectivity index (χ0) is 16.5. The summed E-state index contributed by atoms with van der Waals surface area (Å²) in [5.41, 5.74) is 8.51. The van der Waals surface area contributed by atoms with Crippen LogP contribution in [0.25, 0.3) is 33.2 Å². The zero-order valence-electron chi connectivity index (χ0n) is 14.0. The fourth-order valence-electron chi connectivity index (χ4n) is 3.06. The van der Waals surface area contributed by atoms with Crippen molar-refractivity contribution in [2.75, 3.05) is 0 Å².